The minimum Gasteiger partial charge on any atom is -0.479 e. The smallest absolute Gasteiger partial charge is 0.267 e. The molecule has 1 N–H and O–H groups in total. The van der Waals surface area contributed by atoms with Gasteiger partial charge in [0.25, 0.3) is 5.91 Å². The highest BCUT2D eigenvalue weighted by Crippen LogP contribution is 2.46. The second kappa shape index (κ2) is 4.23. The number of carbonyl (C=O) groups excluding carboxylic acids is 1. The van der Waals surface area contributed by atoms with Crippen molar-refractivity contribution in [1.29, 1.82) is 0 Å². The summed E-state index contributed by atoms with van der Waals surface area (Å²) in [6, 6.07) is 5.92. The van der Waals surface area contributed by atoms with Gasteiger partial charge in [-0.05, 0) is 37.5 Å². The van der Waals surface area contributed by atoms with Crippen LogP contribution in [0.1, 0.15) is 31.7 Å². The van der Waals surface area contributed by atoms with Crippen LogP contribution >= 0.6 is 0 Å². The fraction of sp³-hybridized carbons (Fsp3) is 0.533. The molecule has 4 heteroatoms. The van der Waals surface area contributed by atoms with Gasteiger partial charge in [0.15, 0.2) is 6.10 Å². The van der Waals surface area contributed by atoms with E-state index in [9.17, 15) is 9.90 Å². The van der Waals surface area contributed by atoms with Gasteiger partial charge in [-0.15, -0.1) is 0 Å². The van der Waals surface area contributed by atoms with E-state index in [0.717, 1.165) is 36.3 Å². The van der Waals surface area contributed by atoms with Crippen molar-refractivity contribution in [2.24, 2.45) is 0 Å². The van der Waals surface area contributed by atoms with Crippen LogP contribution in [-0.4, -0.2) is 30.8 Å². The molecule has 4 nitrogen and oxygen atoms in total. The van der Waals surface area contributed by atoms with E-state index in [1.165, 1.54) is 0 Å². The highest BCUT2D eigenvalue weighted by Gasteiger charge is 2.39. The van der Waals surface area contributed by atoms with Crippen molar-refractivity contribution in [3.63, 3.8) is 0 Å². The Bertz CT molecular complexity index is 517. The lowest BCUT2D eigenvalue weighted by Gasteiger charge is -2.41. The molecular formula is C15H19NO3. The summed E-state index contributed by atoms with van der Waals surface area (Å²) in [4.78, 5) is 13.5. The van der Waals surface area contributed by atoms with E-state index >= 15 is 0 Å². The Labute approximate surface area is 113 Å². The van der Waals surface area contributed by atoms with Crippen LogP contribution in [0.25, 0.3) is 0 Å². The predicted molar refractivity (Wildman–Crippen MR) is 72.6 cm³/mol. The van der Waals surface area contributed by atoms with Gasteiger partial charge < -0.3 is 14.7 Å². The molecule has 3 rings (SSSR count). The number of nitrogens with zero attached hydrogens (tertiary/aromatic N) is 1. The molecule has 1 heterocycles. The Morgan fingerprint density at radius 1 is 1.47 bits per heavy atom. The Morgan fingerprint density at radius 3 is 2.79 bits per heavy atom. The maximum absolute atomic E-state index is 11.9. The molecule has 1 aromatic carbocycles. The minimum atomic E-state index is -0.445. The molecule has 1 atom stereocenters. The molecule has 1 aliphatic heterocycles. The molecule has 0 spiro atoms. The molecule has 102 valence electrons. The zero-order chi connectivity index (χ0) is 13.6. The van der Waals surface area contributed by atoms with Crippen molar-refractivity contribution in [2.75, 3.05) is 18.6 Å². The van der Waals surface area contributed by atoms with E-state index in [4.69, 9.17) is 4.74 Å². The Hall–Kier alpha value is -1.55. The second-order valence-corrected chi connectivity index (χ2v) is 5.63. The van der Waals surface area contributed by atoms with Crippen LogP contribution in [-0.2, 0) is 10.2 Å². The number of anilines is 1. The van der Waals surface area contributed by atoms with E-state index in [2.05, 4.69) is 0 Å². The second-order valence-electron chi connectivity index (χ2n) is 5.63. The van der Waals surface area contributed by atoms with Gasteiger partial charge in [-0.3, -0.25) is 4.79 Å². The molecule has 2 aliphatic rings. The zero-order valence-electron chi connectivity index (χ0n) is 11.3. The summed E-state index contributed by atoms with van der Waals surface area (Å²) < 4.78 is 5.69. The van der Waals surface area contributed by atoms with E-state index < -0.39 is 6.10 Å². The molecule has 1 unspecified atom stereocenters. The van der Waals surface area contributed by atoms with Gasteiger partial charge in [-0.1, -0.05) is 12.5 Å². The quantitative estimate of drug-likeness (QED) is 0.883. The third kappa shape index (κ3) is 1.74. The summed E-state index contributed by atoms with van der Waals surface area (Å²) in [7, 11) is 1.77. The van der Waals surface area contributed by atoms with Gasteiger partial charge in [0.1, 0.15) is 5.75 Å². The standard InChI is InChI=1S/C15H19NO3/c1-10-14(18)16(2)12-5-4-11(8-13(12)19-10)15(9-17)6-3-7-15/h4-5,8,10,17H,3,6-7,9H2,1-2H3. The third-order valence-electron chi connectivity index (χ3n) is 4.53. The number of likely N-dealkylation sites (N-methyl/N-ethyl adjacent to an activating group) is 1. The third-order valence-corrected chi connectivity index (χ3v) is 4.53. The maximum Gasteiger partial charge on any atom is 0.267 e. The number of hydrogen-bond acceptors (Lipinski definition) is 3. The topological polar surface area (TPSA) is 49.8 Å². The fourth-order valence-electron chi connectivity index (χ4n) is 2.99. The number of benzene rings is 1. The first-order valence-electron chi connectivity index (χ1n) is 6.77. The first-order valence-corrected chi connectivity index (χ1v) is 6.77. The van der Waals surface area contributed by atoms with Crippen molar-refractivity contribution < 1.29 is 14.6 Å². The lowest BCUT2D eigenvalue weighted by molar-refractivity contribution is -0.125. The SMILES string of the molecule is CC1Oc2cc(C3(CO)CCC3)ccc2N(C)C1=O. The highest BCUT2D eigenvalue weighted by atomic mass is 16.5. The largest absolute Gasteiger partial charge is 0.479 e. The molecule has 1 aromatic rings. The van der Waals surface area contributed by atoms with Crippen LogP contribution in [0.2, 0.25) is 0 Å². The van der Waals surface area contributed by atoms with E-state index in [1.54, 1.807) is 18.9 Å². The predicted octanol–water partition coefficient (Wildman–Crippen LogP) is 1.84. The average Bonchev–Trinajstić information content (AvgIpc) is 2.35. The number of fused-ring (bicyclic) bond motifs is 1. The van der Waals surface area contributed by atoms with Gasteiger partial charge in [0.2, 0.25) is 0 Å². The Kier molecular flexibility index (Phi) is 2.78. The maximum atomic E-state index is 11.9. The van der Waals surface area contributed by atoms with Gasteiger partial charge >= 0.3 is 0 Å². The van der Waals surface area contributed by atoms with E-state index in [-0.39, 0.29) is 17.9 Å². The number of hydrogen-bond donors (Lipinski definition) is 1. The van der Waals surface area contributed by atoms with Crippen molar-refractivity contribution in [2.45, 2.75) is 37.7 Å². The van der Waals surface area contributed by atoms with Crippen LogP contribution < -0.4 is 9.64 Å². The first kappa shape index (κ1) is 12.5. The normalized spacial score (nSPS) is 24.5. The number of rotatable bonds is 2. The molecule has 0 saturated heterocycles. The van der Waals surface area contributed by atoms with Crippen LogP contribution in [0.4, 0.5) is 5.69 Å². The van der Waals surface area contributed by atoms with Crippen LogP contribution in [0.15, 0.2) is 18.2 Å². The zero-order valence-corrected chi connectivity index (χ0v) is 11.3. The van der Waals surface area contributed by atoms with Crippen LogP contribution in [0, 0.1) is 0 Å². The van der Waals surface area contributed by atoms with Crippen LogP contribution in [0.5, 0.6) is 5.75 Å². The summed E-state index contributed by atoms with van der Waals surface area (Å²) in [5.74, 6) is 0.715. The van der Waals surface area contributed by atoms with Crippen molar-refractivity contribution in [1.82, 2.24) is 0 Å². The summed E-state index contributed by atoms with van der Waals surface area (Å²) >= 11 is 0. The molecule has 0 aromatic heterocycles. The molecule has 0 radical (unpaired) electrons. The van der Waals surface area contributed by atoms with Gasteiger partial charge in [0, 0.05) is 12.5 Å². The summed E-state index contributed by atoms with van der Waals surface area (Å²) in [5.41, 5.74) is 1.83. The van der Waals surface area contributed by atoms with E-state index in [0.29, 0.717) is 0 Å². The molecule has 1 saturated carbocycles. The molecular weight excluding hydrogens is 242 g/mol. The van der Waals surface area contributed by atoms with Crippen LogP contribution in [0.3, 0.4) is 0 Å². The molecule has 1 aliphatic carbocycles. The van der Waals surface area contributed by atoms with Gasteiger partial charge in [0.05, 0.1) is 12.3 Å². The average molecular weight is 261 g/mol. The number of aliphatic hydroxyl groups is 1. The number of aliphatic hydroxyl groups excluding tert-OH is 1. The molecule has 1 fully saturated rings. The summed E-state index contributed by atoms with van der Waals surface area (Å²) in [6.07, 6.45) is 2.76. The fourth-order valence-corrected chi connectivity index (χ4v) is 2.99. The minimum absolute atomic E-state index is 0.0271. The molecule has 1 amide bonds. The Balaban J connectivity index is 2.01. The first-order chi connectivity index (χ1) is 9.07. The number of ether oxygens (including phenoxy) is 1. The van der Waals surface area contributed by atoms with Gasteiger partial charge in [-0.25, -0.2) is 0 Å². The van der Waals surface area contributed by atoms with Crippen molar-refractivity contribution >= 4 is 11.6 Å². The highest BCUT2D eigenvalue weighted by molar-refractivity contribution is 5.99. The molecule has 19 heavy (non-hydrogen) atoms. The monoisotopic (exact) mass is 261 g/mol. The lowest BCUT2D eigenvalue weighted by Crippen LogP contribution is -2.42. The Morgan fingerprint density at radius 2 is 2.21 bits per heavy atom. The summed E-state index contributed by atoms with van der Waals surface area (Å²) in [6.45, 7) is 1.94. The number of amides is 1. The summed E-state index contributed by atoms with van der Waals surface area (Å²) in [5, 5.41) is 9.63. The van der Waals surface area contributed by atoms with Gasteiger partial charge in [-0.2, -0.15) is 0 Å². The molecule has 0 bridgehead atoms. The number of carbonyl (C=O) groups is 1. The van der Waals surface area contributed by atoms with Crippen molar-refractivity contribution in [3.8, 4) is 5.75 Å². The lowest BCUT2D eigenvalue weighted by atomic mass is 9.65. The van der Waals surface area contributed by atoms with E-state index in [1.807, 2.05) is 18.2 Å². The van der Waals surface area contributed by atoms with Crippen molar-refractivity contribution in [3.05, 3.63) is 23.8 Å².